The summed E-state index contributed by atoms with van der Waals surface area (Å²) in [4.78, 5) is 24.4. The quantitative estimate of drug-likeness (QED) is 0.558. The second kappa shape index (κ2) is 9.41. The van der Waals surface area contributed by atoms with Gasteiger partial charge in [0.25, 0.3) is 5.91 Å². The minimum Gasteiger partial charge on any atom is -0.497 e. The predicted molar refractivity (Wildman–Crippen MR) is 115 cm³/mol. The van der Waals surface area contributed by atoms with Gasteiger partial charge in [0.1, 0.15) is 11.8 Å². The van der Waals surface area contributed by atoms with Crippen molar-refractivity contribution in [2.24, 2.45) is 0 Å². The number of nitrogens with one attached hydrogen (secondary N) is 3. The van der Waals surface area contributed by atoms with Gasteiger partial charge in [-0.25, -0.2) is 0 Å². The Bertz CT molecular complexity index is 989. The second-order valence-corrected chi connectivity index (χ2v) is 6.47. The van der Waals surface area contributed by atoms with Crippen molar-refractivity contribution in [2.75, 3.05) is 23.1 Å². The van der Waals surface area contributed by atoms with Gasteiger partial charge in [0.15, 0.2) is 0 Å². The number of anilines is 3. The fourth-order valence-electron chi connectivity index (χ4n) is 2.92. The van der Waals surface area contributed by atoms with Crippen molar-refractivity contribution >= 4 is 28.9 Å². The van der Waals surface area contributed by atoms with Gasteiger partial charge in [-0.2, -0.15) is 0 Å². The first-order valence-electron chi connectivity index (χ1n) is 9.19. The van der Waals surface area contributed by atoms with E-state index < -0.39 is 6.04 Å². The molecule has 1 atom stereocenters. The summed E-state index contributed by atoms with van der Waals surface area (Å²) in [5.41, 5.74) is 2.83. The van der Waals surface area contributed by atoms with Crippen LogP contribution in [0.2, 0.25) is 0 Å². The monoisotopic (exact) mass is 389 g/mol. The Balaban J connectivity index is 1.85. The minimum absolute atomic E-state index is 0.155. The van der Waals surface area contributed by atoms with Crippen LogP contribution in [-0.2, 0) is 9.59 Å². The predicted octanol–water partition coefficient (Wildman–Crippen LogP) is 4.45. The van der Waals surface area contributed by atoms with Crippen LogP contribution in [0.1, 0.15) is 18.5 Å². The lowest BCUT2D eigenvalue weighted by molar-refractivity contribution is -0.117. The summed E-state index contributed by atoms with van der Waals surface area (Å²) in [7, 11) is 1.58. The number of hydrogen-bond acceptors (Lipinski definition) is 4. The third-order valence-electron chi connectivity index (χ3n) is 4.23. The molecule has 0 fully saturated rings. The fraction of sp³-hybridized carbons (Fsp3) is 0.130. The second-order valence-electron chi connectivity index (χ2n) is 6.47. The molecule has 0 saturated carbocycles. The SMILES string of the molecule is COc1cccc(NC(=O)[C@@H](Nc2cccc(NC(C)=O)c2)c2ccccc2)c1. The number of hydrogen-bond donors (Lipinski definition) is 3. The van der Waals surface area contributed by atoms with E-state index in [1.165, 1.54) is 6.92 Å². The number of carbonyl (C=O) groups is 2. The minimum atomic E-state index is -0.630. The molecule has 2 amide bonds. The van der Waals surface area contributed by atoms with Gasteiger partial charge in [0.05, 0.1) is 7.11 Å². The van der Waals surface area contributed by atoms with Crippen molar-refractivity contribution in [3.63, 3.8) is 0 Å². The maximum Gasteiger partial charge on any atom is 0.251 e. The molecular formula is C23H23N3O3. The first kappa shape index (κ1) is 19.9. The highest BCUT2D eigenvalue weighted by molar-refractivity contribution is 5.97. The van der Waals surface area contributed by atoms with Crippen molar-refractivity contribution < 1.29 is 14.3 Å². The van der Waals surface area contributed by atoms with Crippen LogP contribution in [0.3, 0.4) is 0 Å². The first-order valence-corrected chi connectivity index (χ1v) is 9.19. The van der Waals surface area contributed by atoms with Gasteiger partial charge in [-0.1, -0.05) is 42.5 Å². The van der Waals surface area contributed by atoms with Gasteiger partial charge in [0, 0.05) is 30.1 Å². The molecule has 148 valence electrons. The van der Waals surface area contributed by atoms with E-state index in [9.17, 15) is 9.59 Å². The molecule has 0 aliphatic heterocycles. The standard InChI is InChI=1S/C23H23N3O3/c1-16(27)24-18-10-6-11-19(14-18)25-22(17-8-4-3-5-9-17)23(28)26-20-12-7-13-21(15-20)29-2/h3-15,22,25H,1-2H3,(H,24,27)(H,26,28)/t22-/m0/s1. The molecule has 0 radical (unpaired) electrons. The molecule has 3 aromatic carbocycles. The molecule has 0 aliphatic carbocycles. The lowest BCUT2D eigenvalue weighted by atomic mass is 10.1. The Kier molecular flexibility index (Phi) is 6.47. The molecule has 0 saturated heterocycles. The molecule has 0 heterocycles. The summed E-state index contributed by atoms with van der Waals surface area (Å²) in [5.74, 6) is 0.293. The van der Waals surface area contributed by atoms with Crippen molar-refractivity contribution in [3.05, 3.63) is 84.4 Å². The van der Waals surface area contributed by atoms with Gasteiger partial charge in [-0.15, -0.1) is 0 Å². The Morgan fingerprint density at radius 2 is 1.45 bits per heavy atom. The van der Waals surface area contributed by atoms with Gasteiger partial charge in [-0.05, 0) is 35.9 Å². The highest BCUT2D eigenvalue weighted by Crippen LogP contribution is 2.25. The number of methoxy groups -OCH3 is 1. The largest absolute Gasteiger partial charge is 0.497 e. The lowest BCUT2D eigenvalue weighted by Gasteiger charge is -2.20. The highest BCUT2D eigenvalue weighted by atomic mass is 16.5. The van der Waals surface area contributed by atoms with E-state index in [1.54, 1.807) is 31.4 Å². The smallest absolute Gasteiger partial charge is 0.251 e. The Labute approximate surface area is 169 Å². The van der Waals surface area contributed by atoms with E-state index in [1.807, 2.05) is 54.6 Å². The Morgan fingerprint density at radius 1 is 0.793 bits per heavy atom. The van der Waals surface area contributed by atoms with Crippen LogP contribution in [0.4, 0.5) is 17.1 Å². The van der Waals surface area contributed by atoms with Crippen molar-refractivity contribution in [1.82, 2.24) is 0 Å². The van der Waals surface area contributed by atoms with Crippen LogP contribution in [0.15, 0.2) is 78.9 Å². The zero-order valence-electron chi connectivity index (χ0n) is 16.3. The molecule has 3 aromatic rings. The third kappa shape index (κ3) is 5.59. The topological polar surface area (TPSA) is 79.5 Å². The van der Waals surface area contributed by atoms with E-state index in [2.05, 4.69) is 16.0 Å². The summed E-state index contributed by atoms with van der Waals surface area (Å²) < 4.78 is 5.22. The van der Waals surface area contributed by atoms with Gasteiger partial charge in [-0.3, -0.25) is 9.59 Å². The number of carbonyl (C=O) groups excluding carboxylic acids is 2. The fourth-order valence-corrected chi connectivity index (χ4v) is 2.92. The average Bonchev–Trinajstić information content (AvgIpc) is 2.72. The van der Waals surface area contributed by atoms with Crippen molar-refractivity contribution in [3.8, 4) is 5.75 Å². The summed E-state index contributed by atoms with van der Waals surface area (Å²) in [6, 6.07) is 23.3. The number of ether oxygens (including phenoxy) is 1. The number of amides is 2. The average molecular weight is 389 g/mol. The number of benzene rings is 3. The molecule has 0 aliphatic rings. The van der Waals surface area contributed by atoms with Gasteiger partial charge >= 0.3 is 0 Å². The number of rotatable bonds is 7. The van der Waals surface area contributed by atoms with Gasteiger partial charge in [0.2, 0.25) is 5.91 Å². The molecule has 6 nitrogen and oxygen atoms in total. The van der Waals surface area contributed by atoms with E-state index in [0.717, 1.165) is 5.56 Å². The molecule has 3 N–H and O–H groups in total. The van der Waals surface area contributed by atoms with Crippen LogP contribution < -0.4 is 20.7 Å². The Hall–Kier alpha value is -3.80. The van der Waals surface area contributed by atoms with Crippen LogP contribution in [0.5, 0.6) is 5.75 Å². The molecule has 0 bridgehead atoms. The summed E-state index contributed by atoms with van der Waals surface area (Å²) >= 11 is 0. The van der Waals surface area contributed by atoms with Crippen LogP contribution in [0, 0.1) is 0 Å². The lowest BCUT2D eigenvalue weighted by Crippen LogP contribution is -2.27. The normalized spacial score (nSPS) is 11.2. The Morgan fingerprint density at radius 3 is 2.14 bits per heavy atom. The van der Waals surface area contributed by atoms with E-state index in [-0.39, 0.29) is 11.8 Å². The van der Waals surface area contributed by atoms with Crippen molar-refractivity contribution in [2.45, 2.75) is 13.0 Å². The highest BCUT2D eigenvalue weighted by Gasteiger charge is 2.21. The van der Waals surface area contributed by atoms with E-state index in [4.69, 9.17) is 4.74 Å². The maximum absolute atomic E-state index is 13.1. The third-order valence-corrected chi connectivity index (χ3v) is 4.23. The molecule has 3 rings (SSSR count). The van der Waals surface area contributed by atoms with Crippen LogP contribution in [-0.4, -0.2) is 18.9 Å². The van der Waals surface area contributed by atoms with E-state index in [0.29, 0.717) is 22.8 Å². The maximum atomic E-state index is 13.1. The zero-order chi connectivity index (χ0) is 20.6. The molecule has 6 heteroatoms. The van der Waals surface area contributed by atoms with Crippen LogP contribution >= 0.6 is 0 Å². The van der Waals surface area contributed by atoms with Crippen molar-refractivity contribution in [1.29, 1.82) is 0 Å². The molecule has 29 heavy (non-hydrogen) atoms. The first-order chi connectivity index (χ1) is 14.0. The summed E-state index contributed by atoms with van der Waals surface area (Å²) in [5, 5.41) is 8.94. The zero-order valence-corrected chi connectivity index (χ0v) is 16.3. The van der Waals surface area contributed by atoms with Gasteiger partial charge < -0.3 is 20.7 Å². The summed E-state index contributed by atoms with van der Waals surface area (Å²) in [6.07, 6.45) is 0. The van der Waals surface area contributed by atoms with E-state index >= 15 is 0 Å². The molecule has 0 unspecified atom stereocenters. The van der Waals surface area contributed by atoms with Crippen LogP contribution in [0.25, 0.3) is 0 Å². The molecule has 0 spiro atoms. The summed E-state index contributed by atoms with van der Waals surface area (Å²) in [6.45, 7) is 1.45. The molecular weight excluding hydrogens is 366 g/mol. The molecule has 0 aromatic heterocycles.